The van der Waals surface area contributed by atoms with Crippen molar-refractivity contribution in [2.75, 3.05) is 40.6 Å². The summed E-state index contributed by atoms with van der Waals surface area (Å²) in [5.41, 5.74) is 0.0273. The quantitative estimate of drug-likeness (QED) is 0.679. The van der Waals surface area contributed by atoms with E-state index in [9.17, 15) is 0 Å². The first-order valence-electron chi connectivity index (χ1n) is 5.80. The van der Waals surface area contributed by atoms with Gasteiger partial charge in [-0.15, -0.1) is 0 Å². The minimum Gasteiger partial charge on any atom is -0.384 e. The van der Waals surface area contributed by atoms with Crippen LogP contribution >= 0.6 is 0 Å². The average molecular weight is 271 g/mol. The standard InChI is InChI=1S/C10H22O3.C2H6.V/c1-5-10(7-11-3,8-12-4)9-13-6-2;1-2;/h5-9H2,1-4H3;1-2H3;. The largest absolute Gasteiger partial charge is 0.384 e. The van der Waals surface area contributed by atoms with Gasteiger partial charge in [0.1, 0.15) is 0 Å². The molecule has 0 saturated heterocycles. The molecule has 16 heavy (non-hydrogen) atoms. The molecule has 3 nitrogen and oxygen atoms in total. The van der Waals surface area contributed by atoms with Crippen LogP contribution in [0.15, 0.2) is 0 Å². The Morgan fingerprint density at radius 2 is 1.31 bits per heavy atom. The molecule has 0 N–H and O–H groups in total. The summed E-state index contributed by atoms with van der Waals surface area (Å²) < 4.78 is 15.8. The smallest absolute Gasteiger partial charge is 0.0566 e. The second kappa shape index (κ2) is 15.5. The molecule has 0 aromatic carbocycles. The van der Waals surface area contributed by atoms with E-state index in [1.54, 1.807) is 14.2 Å². The van der Waals surface area contributed by atoms with Gasteiger partial charge in [0.15, 0.2) is 0 Å². The number of hydrogen-bond donors (Lipinski definition) is 0. The van der Waals surface area contributed by atoms with E-state index >= 15 is 0 Å². The van der Waals surface area contributed by atoms with Gasteiger partial charge in [0.25, 0.3) is 0 Å². The Hall–Kier alpha value is 0.464. The molecule has 1 radical (unpaired) electrons. The van der Waals surface area contributed by atoms with Crippen LogP contribution in [0.4, 0.5) is 0 Å². The summed E-state index contributed by atoms with van der Waals surface area (Å²) >= 11 is 0. The van der Waals surface area contributed by atoms with E-state index in [0.29, 0.717) is 19.8 Å². The molecule has 0 aliphatic heterocycles. The van der Waals surface area contributed by atoms with Crippen molar-refractivity contribution in [3.8, 4) is 0 Å². The first-order valence-corrected chi connectivity index (χ1v) is 5.80. The molecule has 0 aliphatic carbocycles. The van der Waals surface area contributed by atoms with Gasteiger partial charge in [-0.3, -0.25) is 0 Å². The fourth-order valence-corrected chi connectivity index (χ4v) is 1.36. The van der Waals surface area contributed by atoms with Crippen molar-refractivity contribution >= 4 is 0 Å². The van der Waals surface area contributed by atoms with Crippen LogP contribution < -0.4 is 0 Å². The monoisotopic (exact) mass is 271 g/mol. The van der Waals surface area contributed by atoms with E-state index in [4.69, 9.17) is 14.2 Å². The van der Waals surface area contributed by atoms with E-state index in [1.165, 1.54) is 0 Å². The van der Waals surface area contributed by atoms with Gasteiger partial charge in [-0.05, 0) is 13.3 Å². The van der Waals surface area contributed by atoms with Gasteiger partial charge < -0.3 is 14.2 Å². The molecule has 0 aromatic rings. The molecule has 0 fully saturated rings. The summed E-state index contributed by atoms with van der Waals surface area (Å²) in [4.78, 5) is 0. The Morgan fingerprint density at radius 3 is 1.56 bits per heavy atom. The van der Waals surface area contributed by atoms with E-state index in [0.717, 1.165) is 13.0 Å². The van der Waals surface area contributed by atoms with Crippen molar-refractivity contribution in [3.63, 3.8) is 0 Å². The molecule has 0 heterocycles. The van der Waals surface area contributed by atoms with Crippen molar-refractivity contribution in [1.29, 1.82) is 0 Å². The molecule has 0 unspecified atom stereocenters. The Morgan fingerprint density at radius 1 is 0.875 bits per heavy atom. The molecule has 0 rings (SSSR count). The molecule has 0 aromatic heterocycles. The maximum absolute atomic E-state index is 5.44. The molecular formula is C12H28O3V. The molecule has 4 heteroatoms. The van der Waals surface area contributed by atoms with Crippen molar-refractivity contribution in [1.82, 2.24) is 0 Å². The van der Waals surface area contributed by atoms with E-state index in [1.807, 2.05) is 20.8 Å². The maximum Gasteiger partial charge on any atom is 0.0566 e. The minimum atomic E-state index is 0. The van der Waals surface area contributed by atoms with Crippen LogP contribution in [0.25, 0.3) is 0 Å². The molecule has 99 valence electrons. The summed E-state index contributed by atoms with van der Waals surface area (Å²) in [5, 5.41) is 0. The predicted octanol–water partition coefficient (Wildman–Crippen LogP) is 2.74. The van der Waals surface area contributed by atoms with E-state index in [2.05, 4.69) is 6.92 Å². The zero-order valence-corrected chi connectivity index (χ0v) is 13.1. The average Bonchev–Trinajstić information content (AvgIpc) is 2.29. The van der Waals surface area contributed by atoms with Crippen LogP contribution in [0, 0.1) is 5.41 Å². The summed E-state index contributed by atoms with van der Waals surface area (Å²) in [6.45, 7) is 11.0. The van der Waals surface area contributed by atoms with Crippen molar-refractivity contribution < 1.29 is 32.8 Å². The zero-order valence-electron chi connectivity index (χ0n) is 11.7. The summed E-state index contributed by atoms with van der Waals surface area (Å²) in [6, 6.07) is 0. The van der Waals surface area contributed by atoms with Crippen LogP contribution in [0.1, 0.15) is 34.1 Å². The molecule has 0 amide bonds. The summed E-state index contributed by atoms with van der Waals surface area (Å²) in [5.74, 6) is 0. The second-order valence-corrected chi connectivity index (χ2v) is 3.36. The van der Waals surface area contributed by atoms with Gasteiger partial charge in [-0.2, -0.15) is 0 Å². The van der Waals surface area contributed by atoms with Crippen molar-refractivity contribution in [3.05, 3.63) is 0 Å². The third-order valence-electron chi connectivity index (χ3n) is 2.26. The number of hydrogen-bond acceptors (Lipinski definition) is 3. The van der Waals surface area contributed by atoms with E-state index < -0.39 is 0 Å². The summed E-state index contributed by atoms with van der Waals surface area (Å²) in [6.07, 6.45) is 1.01. The molecule has 0 bridgehead atoms. The second-order valence-electron chi connectivity index (χ2n) is 3.36. The normalized spacial score (nSPS) is 10.1. The van der Waals surface area contributed by atoms with Crippen LogP contribution in [0.5, 0.6) is 0 Å². The molecule has 0 saturated carbocycles. The summed E-state index contributed by atoms with van der Waals surface area (Å²) in [7, 11) is 3.43. The fourth-order valence-electron chi connectivity index (χ4n) is 1.36. The Kier molecular flexibility index (Phi) is 21.0. The predicted molar refractivity (Wildman–Crippen MR) is 64.3 cm³/mol. The minimum absolute atomic E-state index is 0. The third-order valence-corrected chi connectivity index (χ3v) is 2.26. The Labute approximate surface area is 113 Å². The molecule has 0 aliphatic rings. The third kappa shape index (κ3) is 9.67. The Balaban J connectivity index is -0.000000529. The molecular weight excluding hydrogens is 243 g/mol. The zero-order chi connectivity index (χ0) is 12.2. The molecule has 0 spiro atoms. The molecule has 0 atom stereocenters. The SMILES string of the molecule is CC.CCOCC(CC)(COC)COC.[V]. The van der Waals surface area contributed by atoms with Crippen molar-refractivity contribution in [2.45, 2.75) is 34.1 Å². The van der Waals surface area contributed by atoms with Crippen molar-refractivity contribution in [2.24, 2.45) is 5.41 Å². The van der Waals surface area contributed by atoms with Gasteiger partial charge in [0.05, 0.1) is 19.8 Å². The Bertz CT molecular complexity index is 115. The van der Waals surface area contributed by atoms with Crippen LogP contribution in [-0.4, -0.2) is 40.6 Å². The van der Waals surface area contributed by atoms with Gasteiger partial charge in [-0.1, -0.05) is 20.8 Å². The van der Waals surface area contributed by atoms with Crippen LogP contribution in [0.2, 0.25) is 0 Å². The first-order chi connectivity index (χ1) is 7.24. The van der Waals surface area contributed by atoms with Crippen LogP contribution in [0.3, 0.4) is 0 Å². The first kappa shape index (κ1) is 21.7. The number of methoxy groups -OCH3 is 2. The van der Waals surface area contributed by atoms with Gasteiger partial charge >= 0.3 is 0 Å². The number of ether oxygens (including phenoxy) is 3. The van der Waals surface area contributed by atoms with Gasteiger partial charge in [0, 0.05) is 44.8 Å². The van der Waals surface area contributed by atoms with E-state index in [-0.39, 0.29) is 24.0 Å². The van der Waals surface area contributed by atoms with Gasteiger partial charge in [0.2, 0.25) is 0 Å². The maximum atomic E-state index is 5.44. The topological polar surface area (TPSA) is 27.7 Å². The van der Waals surface area contributed by atoms with Gasteiger partial charge in [-0.25, -0.2) is 0 Å². The number of rotatable bonds is 8. The van der Waals surface area contributed by atoms with Crippen LogP contribution in [-0.2, 0) is 32.8 Å². The fraction of sp³-hybridized carbons (Fsp3) is 1.00.